The lowest BCUT2D eigenvalue weighted by Crippen LogP contribution is -2.55. The van der Waals surface area contributed by atoms with Gasteiger partial charge in [-0.3, -0.25) is 19.3 Å². The van der Waals surface area contributed by atoms with Gasteiger partial charge in [0.25, 0.3) is 5.91 Å². The van der Waals surface area contributed by atoms with Crippen LogP contribution < -0.4 is 20.1 Å². The second kappa shape index (κ2) is 20.7. The maximum Gasteiger partial charge on any atom is 0.317 e. The predicted octanol–water partition coefficient (Wildman–Crippen LogP) is 6.14. The first kappa shape index (κ1) is 43.4. The van der Waals surface area contributed by atoms with Crippen LogP contribution >= 0.6 is 0 Å². The van der Waals surface area contributed by atoms with Gasteiger partial charge in [0.15, 0.2) is 0 Å². The van der Waals surface area contributed by atoms with Crippen molar-refractivity contribution in [2.75, 3.05) is 52.4 Å². The van der Waals surface area contributed by atoms with Crippen LogP contribution in [0.5, 0.6) is 11.5 Å². The van der Waals surface area contributed by atoms with Gasteiger partial charge in [-0.25, -0.2) is 0 Å². The molecule has 12 nitrogen and oxygen atoms in total. The molecule has 4 saturated heterocycles. The van der Waals surface area contributed by atoms with Crippen LogP contribution in [0.25, 0.3) is 0 Å². The number of nitrogens with one attached hydrogen (secondary N) is 2. The van der Waals surface area contributed by atoms with Gasteiger partial charge in [0.1, 0.15) is 30.0 Å². The largest absolute Gasteiger partial charge is 0.506 e. The Morgan fingerprint density at radius 3 is 2.43 bits per heavy atom. The van der Waals surface area contributed by atoms with E-state index in [4.69, 9.17) is 14.2 Å². The molecule has 4 N–H and O–H groups in total. The average molecular weight is 831 g/mol. The number of rotatable bonds is 18. The number of benzene rings is 3. The molecule has 3 aromatic carbocycles. The van der Waals surface area contributed by atoms with E-state index in [2.05, 4.69) is 22.1 Å². The zero-order chi connectivity index (χ0) is 42.6. The molecule has 0 unspecified atom stereocenters. The van der Waals surface area contributed by atoms with E-state index in [1.165, 1.54) is 18.2 Å². The minimum atomic E-state index is -0.822. The number of likely N-dealkylation sites (tertiary alicyclic amines) is 1. The first-order valence-corrected chi connectivity index (χ1v) is 21.5. The molecule has 5 aliphatic rings. The maximum atomic E-state index is 14.0. The van der Waals surface area contributed by atoms with Gasteiger partial charge in [-0.15, -0.1) is 0 Å². The van der Waals surface area contributed by atoms with Gasteiger partial charge in [-0.05, 0) is 129 Å². The fourth-order valence-corrected chi connectivity index (χ4v) is 8.53. The Balaban J connectivity index is 0.808. The van der Waals surface area contributed by atoms with Gasteiger partial charge in [-0.1, -0.05) is 61.2 Å². The Kier molecular flexibility index (Phi) is 14.7. The number of fused-ring (bicyclic) bond motifs is 3. The quantitative estimate of drug-likeness (QED) is 0.0510. The molecule has 4 fully saturated rings. The van der Waals surface area contributed by atoms with Crippen LogP contribution in [0.15, 0.2) is 127 Å². The summed E-state index contributed by atoms with van der Waals surface area (Å²) in [4.78, 5) is 43.4. The van der Waals surface area contributed by atoms with Crippen molar-refractivity contribution in [2.24, 2.45) is 5.92 Å². The van der Waals surface area contributed by atoms with Gasteiger partial charge in [0.2, 0.25) is 5.91 Å². The lowest BCUT2D eigenvalue weighted by molar-refractivity contribution is -0.168. The third-order valence-electron chi connectivity index (χ3n) is 12.3. The molecule has 0 spiro atoms. The molecule has 322 valence electrons. The number of carbonyl (C=O) groups excluding carboxylic acids is 3. The normalized spacial score (nSPS) is 22.0. The molecule has 3 aromatic rings. The maximum absolute atomic E-state index is 14.0. The van der Waals surface area contributed by atoms with Crippen LogP contribution in [0.1, 0.15) is 66.4 Å². The van der Waals surface area contributed by atoms with E-state index in [-0.39, 0.29) is 29.6 Å². The van der Waals surface area contributed by atoms with E-state index in [0.29, 0.717) is 87.2 Å². The summed E-state index contributed by atoms with van der Waals surface area (Å²) in [6.45, 7) is 9.67. The van der Waals surface area contributed by atoms with Crippen molar-refractivity contribution < 1.29 is 38.8 Å². The van der Waals surface area contributed by atoms with Crippen LogP contribution in [0.4, 0.5) is 0 Å². The van der Waals surface area contributed by atoms with Crippen LogP contribution in [0.3, 0.4) is 0 Å². The van der Waals surface area contributed by atoms with Crippen molar-refractivity contribution in [2.45, 2.75) is 69.2 Å². The Labute approximate surface area is 358 Å². The fraction of sp³-hybridized carbons (Fsp3) is 0.408. The standard InChI is InChI=1S/C49H58N4O8/c1-35(15-20-43(54)42-13-8-14-46(56)51-42)44(55)32-50-25-5-6-30-59-41-12-7-9-36(31-41)34-60-40-18-16-38(17-19-40)47(57)53-28-23-49(24-29-53,39-10-3-2-4-11-39)48(58)61-45-33-52-26-21-37(45)22-27-52/h2-4,7-12,14-20,31,37,44-45,50,54-55H,1,5-6,13,21-30,32-34H2,(H,51,56)/b20-15-,43-42-/t44-,45-/m0/s1. The number of allylic oxidation sites excluding steroid dienone is 2. The van der Waals surface area contributed by atoms with Crippen LogP contribution in [0.2, 0.25) is 0 Å². The molecule has 5 aliphatic heterocycles. The van der Waals surface area contributed by atoms with E-state index in [1.807, 2.05) is 71.6 Å². The van der Waals surface area contributed by atoms with Gasteiger partial charge in [-0.2, -0.15) is 0 Å². The summed E-state index contributed by atoms with van der Waals surface area (Å²) in [5, 5.41) is 26.4. The Bertz CT molecular complexity index is 2080. The lowest BCUT2D eigenvalue weighted by Gasteiger charge is -2.46. The number of aliphatic hydroxyl groups is 2. The summed E-state index contributed by atoms with van der Waals surface area (Å²) in [6, 6.07) is 24.9. The average Bonchev–Trinajstić information content (AvgIpc) is 3.30. The van der Waals surface area contributed by atoms with E-state index < -0.39 is 11.5 Å². The first-order valence-electron chi connectivity index (χ1n) is 21.5. The van der Waals surface area contributed by atoms with E-state index >= 15 is 0 Å². The number of unbranched alkanes of at least 4 members (excludes halogenated alkanes) is 1. The molecular formula is C49H58N4O8. The van der Waals surface area contributed by atoms with E-state index in [0.717, 1.165) is 62.2 Å². The van der Waals surface area contributed by atoms with Gasteiger partial charge >= 0.3 is 5.97 Å². The molecule has 0 aromatic heterocycles. The number of hydrogen-bond acceptors (Lipinski definition) is 10. The first-order chi connectivity index (χ1) is 29.7. The number of esters is 1. The number of hydrogen-bond donors (Lipinski definition) is 4. The summed E-state index contributed by atoms with van der Waals surface area (Å²) in [5.41, 5.74) is 2.57. The van der Waals surface area contributed by atoms with Crippen LogP contribution in [-0.4, -0.2) is 102 Å². The van der Waals surface area contributed by atoms with Crippen LogP contribution in [-0.2, 0) is 26.3 Å². The third kappa shape index (κ3) is 11.4. The zero-order valence-electron chi connectivity index (χ0n) is 34.8. The molecule has 2 bridgehead atoms. The molecule has 0 radical (unpaired) electrons. The molecule has 61 heavy (non-hydrogen) atoms. The van der Waals surface area contributed by atoms with Crippen molar-refractivity contribution >= 4 is 17.8 Å². The zero-order valence-corrected chi connectivity index (χ0v) is 34.8. The highest BCUT2D eigenvalue weighted by atomic mass is 16.5. The molecule has 5 heterocycles. The number of carbonyl (C=O) groups is 3. The lowest BCUT2D eigenvalue weighted by atomic mass is 9.72. The molecular weight excluding hydrogens is 773 g/mol. The van der Waals surface area contributed by atoms with Crippen LogP contribution in [0, 0.1) is 5.92 Å². The topological polar surface area (TPSA) is 150 Å². The summed E-state index contributed by atoms with van der Waals surface area (Å²) >= 11 is 0. The molecule has 0 aliphatic carbocycles. The molecule has 2 amide bonds. The fourth-order valence-electron chi connectivity index (χ4n) is 8.53. The minimum Gasteiger partial charge on any atom is -0.506 e. The minimum absolute atomic E-state index is 0.0603. The molecule has 2 atom stereocenters. The van der Waals surface area contributed by atoms with Crippen molar-refractivity contribution in [1.29, 1.82) is 0 Å². The van der Waals surface area contributed by atoms with Crippen molar-refractivity contribution in [1.82, 2.24) is 20.4 Å². The number of aliphatic hydroxyl groups excluding tert-OH is 2. The van der Waals surface area contributed by atoms with Gasteiger partial charge in [0, 0.05) is 38.2 Å². The van der Waals surface area contributed by atoms with Crippen molar-refractivity contribution in [3.63, 3.8) is 0 Å². The highest BCUT2D eigenvalue weighted by Crippen LogP contribution is 2.39. The SMILES string of the molecule is C=C(/C=C\C(O)=C1/CC=CC(=O)N1)[C@@H](O)CNCCCCOc1cccc(COc2ccc(C(=O)N3CCC(C(=O)O[C@H]4CN5CCC4CC5)(c4ccccc4)CC3)cc2)c1. The van der Waals surface area contributed by atoms with Gasteiger partial charge in [0.05, 0.1) is 23.8 Å². The van der Waals surface area contributed by atoms with Crippen molar-refractivity contribution in [3.8, 4) is 11.5 Å². The molecule has 0 saturated carbocycles. The van der Waals surface area contributed by atoms with Crippen molar-refractivity contribution in [3.05, 3.63) is 143 Å². The molecule has 8 rings (SSSR count). The highest BCUT2D eigenvalue weighted by molar-refractivity contribution is 5.95. The second-order valence-electron chi connectivity index (χ2n) is 16.4. The van der Waals surface area contributed by atoms with E-state index in [1.54, 1.807) is 18.2 Å². The smallest absolute Gasteiger partial charge is 0.317 e. The molecule has 12 heteroatoms. The highest BCUT2D eigenvalue weighted by Gasteiger charge is 2.47. The third-order valence-corrected chi connectivity index (χ3v) is 12.3. The van der Waals surface area contributed by atoms with E-state index in [9.17, 15) is 24.6 Å². The summed E-state index contributed by atoms with van der Waals surface area (Å²) in [5.74, 6) is 1.26. The number of nitrogens with zero attached hydrogens (tertiary/aromatic N) is 2. The Hall–Kier alpha value is -5.69. The number of ether oxygens (including phenoxy) is 3. The summed E-state index contributed by atoms with van der Waals surface area (Å²) in [6.07, 6.45) is 10.4. The van der Waals surface area contributed by atoms with Gasteiger partial charge < -0.3 is 40.0 Å². The number of amides is 2. The second-order valence-corrected chi connectivity index (χ2v) is 16.4. The number of piperidine rings is 4. The Morgan fingerprint density at radius 1 is 0.934 bits per heavy atom. The predicted molar refractivity (Wildman–Crippen MR) is 233 cm³/mol. The Morgan fingerprint density at radius 2 is 1.70 bits per heavy atom. The summed E-state index contributed by atoms with van der Waals surface area (Å²) < 4.78 is 18.4. The monoisotopic (exact) mass is 830 g/mol. The summed E-state index contributed by atoms with van der Waals surface area (Å²) in [7, 11) is 0.